The first-order valence-electron chi connectivity index (χ1n) is 6.95. The number of hydrogen-bond donors (Lipinski definition) is 1. The molecule has 1 fully saturated rings. The Hall–Kier alpha value is -1.39. The van der Waals surface area contributed by atoms with Crippen molar-refractivity contribution >= 4 is 5.65 Å². The molecule has 0 spiro atoms. The largest absolute Gasteiger partial charge is 0.330 e. The molecule has 4 nitrogen and oxygen atoms in total. The number of aromatic nitrogens is 2. The van der Waals surface area contributed by atoms with E-state index < -0.39 is 0 Å². The van der Waals surface area contributed by atoms with E-state index in [2.05, 4.69) is 46.5 Å². The lowest BCUT2D eigenvalue weighted by Gasteiger charge is -2.22. The number of hydrogen-bond acceptors (Lipinski definition) is 3. The Morgan fingerprint density at radius 3 is 3.05 bits per heavy atom. The zero-order valence-corrected chi connectivity index (χ0v) is 11.8. The molecule has 19 heavy (non-hydrogen) atoms. The number of imidazole rings is 1. The van der Waals surface area contributed by atoms with Gasteiger partial charge < -0.3 is 10.1 Å². The predicted molar refractivity (Wildman–Crippen MR) is 77.0 cm³/mol. The van der Waals surface area contributed by atoms with Gasteiger partial charge in [-0.25, -0.2) is 4.98 Å². The number of aryl methyl sites for hydroxylation is 1. The Morgan fingerprint density at radius 1 is 1.47 bits per heavy atom. The highest BCUT2D eigenvalue weighted by atomic mass is 15.2. The first kappa shape index (κ1) is 12.6. The summed E-state index contributed by atoms with van der Waals surface area (Å²) in [5.41, 5.74) is 9.71. The maximum absolute atomic E-state index is 5.87. The van der Waals surface area contributed by atoms with E-state index in [0.29, 0.717) is 0 Å². The van der Waals surface area contributed by atoms with Crippen LogP contribution in [0.1, 0.15) is 24.6 Å². The molecule has 3 rings (SSSR count). The second kappa shape index (κ2) is 4.62. The number of likely N-dealkylation sites (tertiary alicyclic amines) is 1. The molecule has 0 aromatic carbocycles. The molecule has 4 heteroatoms. The first-order valence-corrected chi connectivity index (χ1v) is 6.95. The molecule has 0 amide bonds. The van der Waals surface area contributed by atoms with Gasteiger partial charge in [0, 0.05) is 19.3 Å². The topological polar surface area (TPSA) is 46.6 Å². The molecule has 0 aliphatic carbocycles. The fourth-order valence-electron chi connectivity index (χ4n) is 2.98. The van der Waals surface area contributed by atoms with Crippen molar-refractivity contribution in [3.63, 3.8) is 0 Å². The summed E-state index contributed by atoms with van der Waals surface area (Å²) in [6.45, 7) is 8.34. The number of nitrogens with zero attached hydrogens (tertiary/aromatic N) is 3. The number of rotatable bonds is 3. The van der Waals surface area contributed by atoms with Crippen LogP contribution < -0.4 is 5.73 Å². The molecule has 0 radical (unpaired) electrons. The summed E-state index contributed by atoms with van der Waals surface area (Å²) in [5, 5.41) is 0. The van der Waals surface area contributed by atoms with Gasteiger partial charge in [0.2, 0.25) is 0 Å². The predicted octanol–water partition coefficient (Wildman–Crippen LogP) is 1.81. The Morgan fingerprint density at radius 2 is 2.32 bits per heavy atom. The van der Waals surface area contributed by atoms with Crippen molar-refractivity contribution in [3.8, 4) is 0 Å². The van der Waals surface area contributed by atoms with Gasteiger partial charge in [-0.3, -0.25) is 4.90 Å². The summed E-state index contributed by atoms with van der Waals surface area (Å²) in [4.78, 5) is 7.01. The molecule has 3 heterocycles. The summed E-state index contributed by atoms with van der Waals surface area (Å²) in [6, 6.07) is 4.19. The summed E-state index contributed by atoms with van der Waals surface area (Å²) in [7, 11) is 0. The van der Waals surface area contributed by atoms with Crippen molar-refractivity contribution in [2.24, 2.45) is 11.1 Å². The minimum absolute atomic E-state index is 0.288. The van der Waals surface area contributed by atoms with Crippen LogP contribution >= 0.6 is 0 Å². The van der Waals surface area contributed by atoms with Crippen molar-refractivity contribution in [1.29, 1.82) is 0 Å². The lowest BCUT2D eigenvalue weighted by Crippen LogP contribution is -2.31. The molecule has 1 saturated heterocycles. The molecule has 0 bridgehead atoms. The molecule has 2 aromatic rings. The number of pyridine rings is 1. The Kier molecular flexibility index (Phi) is 3.07. The van der Waals surface area contributed by atoms with Crippen molar-refractivity contribution in [2.75, 3.05) is 19.6 Å². The van der Waals surface area contributed by atoms with E-state index in [1.54, 1.807) is 0 Å². The highest BCUT2D eigenvalue weighted by Crippen LogP contribution is 2.29. The van der Waals surface area contributed by atoms with Crippen molar-refractivity contribution in [2.45, 2.75) is 26.8 Å². The fourth-order valence-corrected chi connectivity index (χ4v) is 2.98. The van der Waals surface area contributed by atoms with Crippen LogP contribution in [-0.4, -0.2) is 33.9 Å². The third kappa shape index (κ3) is 2.26. The van der Waals surface area contributed by atoms with Crippen LogP contribution in [-0.2, 0) is 6.54 Å². The van der Waals surface area contributed by atoms with E-state index in [0.717, 1.165) is 31.8 Å². The summed E-state index contributed by atoms with van der Waals surface area (Å²) in [6.07, 6.45) is 5.29. The van der Waals surface area contributed by atoms with Crippen LogP contribution in [0.5, 0.6) is 0 Å². The van der Waals surface area contributed by atoms with Gasteiger partial charge in [0.1, 0.15) is 5.65 Å². The van der Waals surface area contributed by atoms with E-state index in [4.69, 9.17) is 5.73 Å². The normalized spacial score (nSPS) is 24.4. The maximum atomic E-state index is 5.87. The average molecular weight is 258 g/mol. The molecular formula is C15H22N4. The molecule has 2 aromatic heterocycles. The summed E-state index contributed by atoms with van der Waals surface area (Å²) < 4.78 is 2.20. The Bertz CT molecular complexity index is 589. The molecule has 1 unspecified atom stereocenters. The highest BCUT2D eigenvalue weighted by molar-refractivity contribution is 5.48. The maximum Gasteiger partial charge on any atom is 0.139 e. The van der Waals surface area contributed by atoms with Crippen molar-refractivity contribution < 1.29 is 0 Å². The molecule has 1 atom stereocenters. The summed E-state index contributed by atoms with van der Waals surface area (Å²) >= 11 is 0. The zero-order chi connectivity index (χ0) is 13.5. The lowest BCUT2D eigenvalue weighted by atomic mass is 9.90. The molecule has 0 saturated carbocycles. The third-order valence-corrected chi connectivity index (χ3v) is 4.32. The van der Waals surface area contributed by atoms with Crippen molar-refractivity contribution in [1.82, 2.24) is 14.3 Å². The van der Waals surface area contributed by atoms with Gasteiger partial charge in [-0.2, -0.15) is 0 Å². The van der Waals surface area contributed by atoms with Crippen LogP contribution in [0.2, 0.25) is 0 Å². The van der Waals surface area contributed by atoms with E-state index >= 15 is 0 Å². The van der Waals surface area contributed by atoms with Gasteiger partial charge in [0.25, 0.3) is 0 Å². The van der Waals surface area contributed by atoms with E-state index in [-0.39, 0.29) is 5.41 Å². The minimum Gasteiger partial charge on any atom is -0.330 e. The van der Waals surface area contributed by atoms with E-state index in [1.165, 1.54) is 17.7 Å². The molecule has 102 valence electrons. The molecule has 1 aliphatic heterocycles. The first-order chi connectivity index (χ1) is 9.11. The van der Waals surface area contributed by atoms with Gasteiger partial charge in [-0.15, -0.1) is 0 Å². The average Bonchev–Trinajstić information content (AvgIpc) is 2.97. The van der Waals surface area contributed by atoms with Crippen LogP contribution in [0.3, 0.4) is 0 Å². The second-order valence-corrected chi connectivity index (χ2v) is 6.11. The van der Waals surface area contributed by atoms with Crippen LogP contribution in [0.15, 0.2) is 24.5 Å². The monoisotopic (exact) mass is 258 g/mol. The SMILES string of the molecule is Cc1cccn2c(CN3CCC(C)(CN)C3)cnc12. The fraction of sp³-hybridized carbons (Fsp3) is 0.533. The van der Waals surface area contributed by atoms with Crippen LogP contribution in [0.25, 0.3) is 5.65 Å². The van der Waals surface area contributed by atoms with Crippen molar-refractivity contribution in [3.05, 3.63) is 35.8 Å². The minimum atomic E-state index is 0.288. The van der Waals surface area contributed by atoms with E-state index in [9.17, 15) is 0 Å². The van der Waals surface area contributed by atoms with Gasteiger partial charge in [0.05, 0.1) is 11.9 Å². The number of fused-ring (bicyclic) bond motifs is 1. The quantitative estimate of drug-likeness (QED) is 0.913. The van der Waals surface area contributed by atoms with Gasteiger partial charge in [0.15, 0.2) is 0 Å². The lowest BCUT2D eigenvalue weighted by molar-refractivity contribution is 0.271. The van der Waals surface area contributed by atoms with Gasteiger partial charge in [-0.05, 0) is 43.5 Å². The molecular weight excluding hydrogens is 236 g/mol. The smallest absolute Gasteiger partial charge is 0.139 e. The Labute approximate surface area is 114 Å². The van der Waals surface area contributed by atoms with Crippen LogP contribution in [0, 0.1) is 12.3 Å². The molecule has 2 N–H and O–H groups in total. The summed E-state index contributed by atoms with van der Waals surface area (Å²) in [5.74, 6) is 0. The zero-order valence-electron chi connectivity index (χ0n) is 11.8. The van der Waals surface area contributed by atoms with Gasteiger partial charge in [-0.1, -0.05) is 13.0 Å². The standard InChI is InChI=1S/C15H22N4/c1-12-4-3-6-19-13(8-17-14(12)19)9-18-7-5-15(2,10-16)11-18/h3-4,6,8H,5,7,9-11,16H2,1-2H3. The van der Waals surface area contributed by atoms with E-state index in [1.807, 2.05) is 6.20 Å². The van der Waals surface area contributed by atoms with Crippen LogP contribution in [0.4, 0.5) is 0 Å². The second-order valence-electron chi connectivity index (χ2n) is 6.11. The number of nitrogens with two attached hydrogens (primary N) is 1. The van der Waals surface area contributed by atoms with Gasteiger partial charge >= 0.3 is 0 Å². The third-order valence-electron chi connectivity index (χ3n) is 4.32. The molecule has 1 aliphatic rings. The Balaban J connectivity index is 1.81. The highest BCUT2D eigenvalue weighted by Gasteiger charge is 2.32.